The number of sulfonamides is 2. The average molecular weight is 451 g/mol. The van der Waals surface area contributed by atoms with Gasteiger partial charge >= 0.3 is 0 Å². The van der Waals surface area contributed by atoms with Gasteiger partial charge in [-0.1, -0.05) is 11.6 Å². The smallest absolute Gasteiger partial charge is 0.262 e. The molecule has 154 valence electrons. The molecular weight excluding hydrogens is 431 g/mol. The van der Waals surface area contributed by atoms with E-state index in [-0.39, 0.29) is 41.1 Å². The maximum atomic E-state index is 13.3. The van der Waals surface area contributed by atoms with Gasteiger partial charge < -0.3 is 4.57 Å². The number of imidazole rings is 1. The highest BCUT2D eigenvalue weighted by atomic mass is 35.5. The summed E-state index contributed by atoms with van der Waals surface area (Å²) in [4.78, 5) is 3.94. The molecule has 0 radical (unpaired) electrons. The van der Waals surface area contributed by atoms with Crippen LogP contribution in [0.2, 0.25) is 5.02 Å². The number of aromatic nitrogens is 2. The molecule has 1 aromatic heterocycles. The first-order valence-electron chi connectivity index (χ1n) is 8.49. The highest BCUT2D eigenvalue weighted by molar-refractivity contribution is 7.89. The predicted octanol–water partition coefficient (Wildman–Crippen LogP) is 1.61. The minimum absolute atomic E-state index is 0.00783. The van der Waals surface area contributed by atoms with Crippen LogP contribution < -0.4 is 0 Å². The van der Waals surface area contributed by atoms with Gasteiger partial charge in [0, 0.05) is 39.4 Å². The number of aryl methyl sites for hydroxylation is 2. The zero-order valence-corrected chi connectivity index (χ0v) is 17.7. The molecule has 1 fully saturated rings. The third-order valence-corrected chi connectivity index (χ3v) is 8.59. The van der Waals surface area contributed by atoms with Gasteiger partial charge in [-0.25, -0.2) is 26.2 Å². The van der Waals surface area contributed by atoms with E-state index in [9.17, 15) is 21.2 Å². The van der Waals surface area contributed by atoms with Gasteiger partial charge in [-0.15, -0.1) is 0 Å². The molecule has 0 spiro atoms. The van der Waals surface area contributed by atoms with Gasteiger partial charge in [0.15, 0.2) is 5.03 Å². The molecule has 0 amide bonds. The van der Waals surface area contributed by atoms with E-state index >= 15 is 0 Å². The molecule has 0 aliphatic carbocycles. The first-order chi connectivity index (χ1) is 13.0. The van der Waals surface area contributed by atoms with E-state index in [2.05, 4.69) is 4.98 Å². The number of nitrogens with zero attached hydrogens (tertiary/aromatic N) is 4. The Morgan fingerprint density at radius 2 is 1.64 bits per heavy atom. The monoisotopic (exact) mass is 450 g/mol. The molecule has 2 heterocycles. The highest BCUT2D eigenvalue weighted by Gasteiger charge is 2.33. The highest BCUT2D eigenvalue weighted by Crippen LogP contribution is 2.24. The largest absolute Gasteiger partial charge is 0.337 e. The zero-order chi connectivity index (χ0) is 20.7. The Morgan fingerprint density at radius 1 is 1.04 bits per heavy atom. The number of hydrogen-bond acceptors (Lipinski definition) is 5. The quantitative estimate of drug-likeness (QED) is 0.705. The van der Waals surface area contributed by atoms with Crippen molar-refractivity contribution >= 4 is 31.6 Å². The third-order valence-electron chi connectivity index (χ3n) is 4.63. The Labute approximate surface area is 168 Å². The number of halogens is 2. The van der Waals surface area contributed by atoms with Crippen LogP contribution in [-0.4, -0.2) is 61.2 Å². The lowest BCUT2D eigenvalue weighted by molar-refractivity contribution is 0.403. The molecule has 28 heavy (non-hydrogen) atoms. The molecule has 1 aromatic carbocycles. The first-order valence-corrected chi connectivity index (χ1v) is 11.7. The molecule has 0 saturated carbocycles. The minimum Gasteiger partial charge on any atom is -0.337 e. The fourth-order valence-corrected chi connectivity index (χ4v) is 6.16. The topological polar surface area (TPSA) is 92.6 Å². The molecule has 1 saturated heterocycles. The van der Waals surface area contributed by atoms with Crippen molar-refractivity contribution in [3.8, 4) is 0 Å². The van der Waals surface area contributed by atoms with Crippen LogP contribution in [0.25, 0.3) is 0 Å². The summed E-state index contributed by atoms with van der Waals surface area (Å²) in [7, 11) is -6.04. The van der Waals surface area contributed by atoms with Crippen molar-refractivity contribution in [1.29, 1.82) is 0 Å². The van der Waals surface area contributed by atoms with Crippen molar-refractivity contribution in [2.75, 3.05) is 26.2 Å². The van der Waals surface area contributed by atoms with Crippen LogP contribution in [-0.2, 0) is 27.1 Å². The summed E-state index contributed by atoms with van der Waals surface area (Å²) in [5, 5.41) is -0.347. The Hall–Kier alpha value is -1.53. The third kappa shape index (κ3) is 3.94. The molecule has 0 unspecified atom stereocenters. The lowest BCUT2D eigenvalue weighted by atomic mass is 10.3. The summed E-state index contributed by atoms with van der Waals surface area (Å²) in [5.41, 5.74) is 0. The molecule has 12 heteroatoms. The molecule has 1 aliphatic rings. The van der Waals surface area contributed by atoms with Gasteiger partial charge in [-0.05, 0) is 31.5 Å². The van der Waals surface area contributed by atoms with Crippen molar-refractivity contribution in [2.45, 2.75) is 23.3 Å². The molecule has 2 aromatic rings. The summed E-state index contributed by atoms with van der Waals surface area (Å²) in [5.74, 6) is -0.148. The van der Waals surface area contributed by atoms with Crippen LogP contribution >= 0.6 is 11.6 Å². The SMILES string of the molecule is Cc1nc(S(=O)(=O)N2CCCN(S(=O)(=O)c3ccc(F)c(Cl)c3)CC2)cn1C. The first kappa shape index (κ1) is 21.2. The number of hydrogen-bond donors (Lipinski definition) is 0. The Kier molecular flexibility index (Phi) is 5.84. The van der Waals surface area contributed by atoms with Crippen molar-refractivity contribution in [1.82, 2.24) is 18.2 Å². The second kappa shape index (κ2) is 7.71. The molecule has 8 nitrogen and oxygen atoms in total. The summed E-state index contributed by atoms with van der Waals surface area (Å²) in [6, 6.07) is 3.20. The summed E-state index contributed by atoms with van der Waals surface area (Å²) in [6.45, 7) is 1.98. The van der Waals surface area contributed by atoms with E-state index in [1.165, 1.54) is 14.8 Å². The van der Waals surface area contributed by atoms with E-state index in [0.717, 1.165) is 18.2 Å². The van der Waals surface area contributed by atoms with Crippen molar-refractivity contribution in [2.24, 2.45) is 7.05 Å². The maximum Gasteiger partial charge on any atom is 0.262 e. The Bertz CT molecular complexity index is 1080. The average Bonchev–Trinajstić information content (AvgIpc) is 2.85. The second-order valence-electron chi connectivity index (χ2n) is 6.47. The van der Waals surface area contributed by atoms with Gasteiger partial charge in [-0.3, -0.25) is 0 Å². The summed E-state index contributed by atoms with van der Waals surface area (Å²) >= 11 is 5.70. The molecular formula is C16H20ClFN4O4S2. The van der Waals surface area contributed by atoms with E-state index in [1.807, 2.05) is 0 Å². The fraction of sp³-hybridized carbons (Fsp3) is 0.438. The normalized spacial score (nSPS) is 17.6. The van der Waals surface area contributed by atoms with Gasteiger partial charge in [0.25, 0.3) is 10.0 Å². The van der Waals surface area contributed by atoms with E-state index in [1.54, 1.807) is 18.5 Å². The Balaban J connectivity index is 1.82. The number of benzene rings is 1. The van der Waals surface area contributed by atoms with Gasteiger partial charge in [-0.2, -0.15) is 8.61 Å². The summed E-state index contributed by atoms with van der Waals surface area (Å²) < 4.78 is 68.7. The van der Waals surface area contributed by atoms with Crippen LogP contribution in [0.3, 0.4) is 0 Å². The molecule has 1 aliphatic heterocycles. The van der Waals surface area contributed by atoms with Crippen LogP contribution in [0, 0.1) is 12.7 Å². The van der Waals surface area contributed by atoms with E-state index in [0.29, 0.717) is 12.2 Å². The zero-order valence-electron chi connectivity index (χ0n) is 15.3. The van der Waals surface area contributed by atoms with Gasteiger partial charge in [0.1, 0.15) is 11.6 Å². The summed E-state index contributed by atoms with van der Waals surface area (Å²) in [6.07, 6.45) is 1.75. The van der Waals surface area contributed by atoms with Gasteiger partial charge in [0.2, 0.25) is 10.0 Å². The lowest BCUT2D eigenvalue weighted by Gasteiger charge is -2.21. The van der Waals surface area contributed by atoms with Crippen molar-refractivity contribution < 1.29 is 21.2 Å². The fourth-order valence-electron chi connectivity index (χ4n) is 2.92. The molecule has 0 atom stereocenters. The maximum absolute atomic E-state index is 13.3. The Morgan fingerprint density at radius 3 is 2.18 bits per heavy atom. The van der Waals surface area contributed by atoms with E-state index < -0.39 is 25.9 Å². The van der Waals surface area contributed by atoms with Crippen LogP contribution in [0.5, 0.6) is 0 Å². The molecule has 3 rings (SSSR count). The standard InChI is InChI=1S/C16H20ClFN4O4S2/c1-12-19-16(11-20(12)2)28(25,26)22-7-3-6-21(8-9-22)27(23,24)13-4-5-15(18)14(17)10-13/h4-5,10-11H,3,6-9H2,1-2H3. The van der Waals surface area contributed by atoms with Crippen LogP contribution in [0.1, 0.15) is 12.2 Å². The van der Waals surface area contributed by atoms with Crippen molar-refractivity contribution in [3.05, 3.63) is 41.1 Å². The molecule has 0 N–H and O–H groups in total. The van der Waals surface area contributed by atoms with Crippen LogP contribution in [0.15, 0.2) is 34.3 Å². The van der Waals surface area contributed by atoms with Crippen LogP contribution in [0.4, 0.5) is 4.39 Å². The minimum atomic E-state index is -3.92. The number of rotatable bonds is 4. The lowest BCUT2D eigenvalue weighted by Crippen LogP contribution is -2.37. The van der Waals surface area contributed by atoms with E-state index in [4.69, 9.17) is 11.6 Å². The van der Waals surface area contributed by atoms with Gasteiger partial charge in [0.05, 0.1) is 9.92 Å². The molecule has 0 bridgehead atoms. The second-order valence-corrected chi connectivity index (χ2v) is 10.7. The predicted molar refractivity (Wildman–Crippen MR) is 101 cm³/mol. The van der Waals surface area contributed by atoms with Crippen molar-refractivity contribution in [3.63, 3.8) is 0 Å².